The van der Waals surface area contributed by atoms with Gasteiger partial charge in [-0.3, -0.25) is 0 Å². The Bertz CT molecular complexity index is 538. The van der Waals surface area contributed by atoms with Crippen LogP contribution in [0.5, 0.6) is 0 Å². The van der Waals surface area contributed by atoms with Crippen LogP contribution >= 0.6 is 0 Å². The predicted octanol–water partition coefficient (Wildman–Crippen LogP) is 1.64. The summed E-state index contributed by atoms with van der Waals surface area (Å²) in [5, 5.41) is 8.33. The van der Waals surface area contributed by atoms with Crippen LogP contribution < -0.4 is 0 Å². The van der Waals surface area contributed by atoms with Crippen molar-refractivity contribution in [3.8, 4) is 0 Å². The molecule has 6 nitrogen and oxygen atoms in total. The van der Waals surface area contributed by atoms with E-state index < -0.39 is 21.8 Å². The molecule has 1 aromatic heterocycles. The fourth-order valence-electron chi connectivity index (χ4n) is 1.48. The number of carboxylic acids is 1. The fraction of sp³-hybridized carbons (Fsp3) is 0.545. The Hall–Kier alpha value is -1.34. The molecule has 0 atom stereocenters. The summed E-state index contributed by atoms with van der Waals surface area (Å²) in [6.45, 7) is 6.02. The van der Waals surface area contributed by atoms with Crippen molar-refractivity contribution in [1.29, 1.82) is 0 Å². The molecule has 0 amide bonds. The summed E-state index contributed by atoms with van der Waals surface area (Å²) >= 11 is 0. The van der Waals surface area contributed by atoms with E-state index in [0.717, 1.165) is 16.4 Å². The summed E-state index contributed by atoms with van der Waals surface area (Å²) in [6, 6.07) is 2.28. The van der Waals surface area contributed by atoms with Gasteiger partial charge in [0.25, 0.3) is 10.0 Å². The Morgan fingerprint density at radius 1 is 1.39 bits per heavy atom. The Morgan fingerprint density at radius 2 is 1.94 bits per heavy atom. The molecule has 0 aromatic carbocycles. The van der Waals surface area contributed by atoms with Gasteiger partial charge in [-0.2, -0.15) is 4.31 Å². The van der Waals surface area contributed by atoms with Crippen LogP contribution in [-0.2, 0) is 10.0 Å². The maximum absolute atomic E-state index is 12.1. The van der Waals surface area contributed by atoms with Gasteiger partial charge in [-0.15, -0.1) is 0 Å². The van der Waals surface area contributed by atoms with Gasteiger partial charge in [0.1, 0.15) is 0 Å². The predicted molar refractivity (Wildman–Crippen MR) is 64.9 cm³/mol. The topological polar surface area (TPSA) is 87.8 Å². The van der Waals surface area contributed by atoms with Crippen molar-refractivity contribution in [2.75, 3.05) is 13.6 Å². The quantitative estimate of drug-likeness (QED) is 0.902. The van der Waals surface area contributed by atoms with Crippen molar-refractivity contribution in [2.24, 2.45) is 5.41 Å². The molecule has 0 spiro atoms. The van der Waals surface area contributed by atoms with Crippen molar-refractivity contribution in [3.63, 3.8) is 0 Å². The van der Waals surface area contributed by atoms with Crippen LogP contribution in [0.25, 0.3) is 0 Å². The van der Waals surface area contributed by atoms with Gasteiger partial charge >= 0.3 is 5.97 Å². The molecule has 0 saturated heterocycles. The van der Waals surface area contributed by atoms with Crippen molar-refractivity contribution in [3.05, 3.63) is 17.9 Å². The highest BCUT2D eigenvalue weighted by molar-refractivity contribution is 7.89. The van der Waals surface area contributed by atoms with E-state index in [4.69, 9.17) is 9.52 Å². The molecule has 1 N–H and O–H groups in total. The second-order valence-corrected chi connectivity index (χ2v) is 7.22. The summed E-state index contributed by atoms with van der Waals surface area (Å²) < 4.78 is 30.1. The number of nitrogens with zero attached hydrogens (tertiary/aromatic N) is 1. The SMILES string of the molecule is CN(CC(C)(C)C)S(=O)(=O)c1ccc(C(=O)O)o1. The Morgan fingerprint density at radius 3 is 2.33 bits per heavy atom. The van der Waals surface area contributed by atoms with Gasteiger partial charge in [-0.1, -0.05) is 20.8 Å². The molecule has 1 rings (SSSR count). The lowest BCUT2D eigenvalue weighted by Gasteiger charge is -2.25. The van der Waals surface area contributed by atoms with Crippen molar-refractivity contribution < 1.29 is 22.7 Å². The van der Waals surface area contributed by atoms with Gasteiger partial charge in [0.2, 0.25) is 10.9 Å². The first-order chi connectivity index (χ1) is 8.04. The highest BCUT2D eigenvalue weighted by Gasteiger charge is 2.28. The number of furan rings is 1. The van der Waals surface area contributed by atoms with Crippen LogP contribution in [0.2, 0.25) is 0 Å². The number of hydrogen-bond donors (Lipinski definition) is 1. The van der Waals surface area contributed by atoms with Gasteiger partial charge in [-0.25, -0.2) is 13.2 Å². The van der Waals surface area contributed by atoms with Crippen LogP contribution in [-0.4, -0.2) is 37.4 Å². The summed E-state index contributed by atoms with van der Waals surface area (Å²) in [7, 11) is -2.35. The van der Waals surface area contributed by atoms with E-state index >= 15 is 0 Å². The van der Waals surface area contributed by atoms with Gasteiger partial charge in [-0.05, 0) is 17.5 Å². The molecule has 0 radical (unpaired) electrons. The molecule has 0 unspecified atom stereocenters. The van der Waals surface area contributed by atoms with E-state index in [2.05, 4.69) is 0 Å². The van der Waals surface area contributed by atoms with Crippen molar-refractivity contribution in [1.82, 2.24) is 4.31 Å². The minimum Gasteiger partial charge on any atom is -0.475 e. The van der Waals surface area contributed by atoms with Gasteiger partial charge in [0.05, 0.1) is 0 Å². The molecule has 0 saturated carbocycles. The lowest BCUT2D eigenvalue weighted by atomic mass is 9.97. The lowest BCUT2D eigenvalue weighted by molar-refractivity contribution is 0.0656. The second-order valence-electron chi connectivity index (χ2n) is 5.25. The van der Waals surface area contributed by atoms with E-state index in [0.29, 0.717) is 6.54 Å². The van der Waals surface area contributed by atoms with E-state index in [1.54, 1.807) is 0 Å². The Labute approximate surface area is 106 Å². The van der Waals surface area contributed by atoms with Crippen molar-refractivity contribution in [2.45, 2.75) is 25.9 Å². The number of carboxylic acid groups (broad SMARTS) is 1. The first kappa shape index (κ1) is 14.7. The van der Waals surface area contributed by atoms with Gasteiger partial charge < -0.3 is 9.52 Å². The van der Waals surface area contributed by atoms with Crippen molar-refractivity contribution >= 4 is 16.0 Å². The fourth-order valence-corrected chi connectivity index (χ4v) is 2.78. The normalized spacial score (nSPS) is 12.9. The number of sulfonamides is 1. The van der Waals surface area contributed by atoms with E-state index in [9.17, 15) is 13.2 Å². The monoisotopic (exact) mass is 275 g/mol. The molecular weight excluding hydrogens is 258 g/mol. The first-order valence-electron chi connectivity index (χ1n) is 5.33. The molecule has 1 aromatic rings. The first-order valence-corrected chi connectivity index (χ1v) is 6.77. The molecule has 0 aliphatic rings. The molecule has 102 valence electrons. The number of rotatable bonds is 4. The summed E-state index contributed by atoms with van der Waals surface area (Å²) in [5.41, 5.74) is -0.204. The average Bonchev–Trinajstić information content (AvgIpc) is 2.63. The summed E-state index contributed by atoms with van der Waals surface area (Å²) in [4.78, 5) is 10.6. The molecule has 0 fully saturated rings. The Kier molecular flexibility index (Phi) is 3.87. The van der Waals surface area contributed by atoms with Crippen LogP contribution in [0.1, 0.15) is 31.3 Å². The zero-order chi connectivity index (χ0) is 14.1. The van der Waals surface area contributed by atoms with E-state index in [1.165, 1.54) is 7.05 Å². The lowest BCUT2D eigenvalue weighted by Crippen LogP contribution is -2.34. The Balaban J connectivity index is 3.02. The van der Waals surface area contributed by atoms with E-state index in [-0.39, 0.29) is 10.5 Å². The van der Waals surface area contributed by atoms with Gasteiger partial charge in [0, 0.05) is 13.6 Å². The molecule has 7 heteroatoms. The maximum atomic E-state index is 12.1. The third-order valence-corrected chi connectivity index (χ3v) is 3.83. The van der Waals surface area contributed by atoms with E-state index in [1.807, 2.05) is 20.8 Å². The zero-order valence-corrected chi connectivity index (χ0v) is 11.6. The number of hydrogen-bond acceptors (Lipinski definition) is 4. The highest BCUT2D eigenvalue weighted by Crippen LogP contribution is 2.22. The maximum Gasteiger partial charge on any atom is 0.371 e. The number of aromatic carboxylic acids is 1. The molecule has 0 bridgehead atoms. The molecule has 0 aliphatic heterocycles. The third-order valence-electron chi connectivity index (χ3n) is 2.15. The molecule has 0 aliphatic carbocycles. The summed E-state index contributed by atoms with van der Waals surface area (Å²) in [6.07, 6.45) is 0. The smallest absolute Gasteiger partial charge is 0.371 e. The van der Waals surface area contributed by atoms with Crippen LogP contribution in [0.15, 0.2) is 21.6 Å². The van der Waals surface area contributed by atoms with Crippen LogP contribution in [0.3, 0.4) is 0 Å². The molecular formula is C11H17NO5S. The minimum atomic E-state index is -3.78. The molecule has 18 heavy (non-hydrogen) atoms. The zero-order valence-electron chi connectivity index (χ0n) is 10.8. The highest BCUT2D eigenvalue weighted by atomic mass is 32.2. The standard InChI is InChI=1S/C11H17NO5S/c1-11(2,3)7-12(4)18(15,16)9-6-5-8(17-9)10(13)14/h5-6H,7H2,1-4H3,(H,13,14). The van der Waals surface area contributed by atoms with Crippen LogP contribution in [0.4, 0.5) is 0 Å². The molecule has 1 heterocycles. The largest absolute Gasteiger partial charge is 0.475 e. The minimum absolute atomic E-state index is 0.204. The summed E-state index contributed by atoms with van der Waals surface area (Å²) in [5.74, 6) is -1.69. The second kappa shape index (κ2) is 4.74. The van der Waals surface area contributed by atoms with Gasteiger partial charge in [0.15, 0.2) is 0 Å². The average molecular weight is 275 g/mol. The third kappa shape index (κ3) is 3.33. The van der Waals surface area contributed by atoms with Crippen LogP contribution in [0, 0.1) is 5.41 Å². The number of carbonyl (C=O) groups is 1.